The lowest BCUT2D eigenvalue weighted by Crippen LogP contribution is -2.03. The maximum atomic E-state index is 9.69. The van der Waals surface area contributed by atoms with E-state index in [0.717, 1.165) is 22.9 Å². The Bertz CT molecular complexity index is 442. The topological polar surface area (TPSA) is 29.5 Å². The number of ether oxygens (including phenoxy) is 1. The van der Waals surface area contributed by atoms with E-state index in [4.69, 9.17) is 11.2 Å². The van der Waals surface area contributed by atoms with Crippen molar-refractivity contribution in [2.75, 3.05) is 7.11 Å². The molecule has 1 aromatic rings. The number of aromatic hydroxyl groups is 1. The van der Waals surface area contributed by atoms with Gasteiger partial charge in [-0.15, -0.1) is 6.42 Å². The smallest absolute Gasteiger partial charge is 0.161 e. The Kier molecular flexibility index (Phi) is 2.40. The minimum Gasteiger partial charge on any atom is -0.504 e. The lowest BCUT2D eigenvalue weighted by atomic mass is 9.96. The fraction of sp³-hybridized carbons (Fsp3) is 0.333. The molecule has 0 spiro atoms. The molecule has 2 nitrogen and oxygen atoms in total. The van der Waals surface area contributed by atoms with Gasteiger partial charge in [0.2, 0.25) is 0 Å². The molecule has 0 aromatic heterocycles. The minimum atomic E-state index is -0.178. The van der Waals surface area contributed by atoms with Gasteiger partial charge in [0.25, 0.3) is 0 Å². The first kappa shape index (κ1) is 10.4. The first-order valence-electron chi connectivity index (χ1n) is 4.68. The van der Waals surface area contributed by atoms with Gasteiger partial charge in [0.05, 0.1) is 12.5 Å². The van der Waals surface area contributed by atoms with Crippen molar-refractivity contribution >= 4 is 15.9 Å². The zero-order valence-corrected chi connectivity index (χ0v) is 9.97. The molecule has 3 heteroatoms. The molecule has 15 heavy (non-hydrogen) atoms. The van der Waals surface area contributed by atoms with Crippen molar-refractivity contribution in [2.24, 2.45) is 0 Å². The molecule has 0 radical (unpaired) electrons. The van der Waals surface area contributed by atoms with Gasteiger partial charge in [-0.1, -0.05) is 21.9 Å². The highest BCUT2D eigenvalue weighted by atomic mass is 79.9. The molecular formula is C12H11BrO2. The van der Waals surface area contributed by atoms with Crippen LogP contribution >= 0.6 is 15.9 Å². The molecule has 78 valence electrons. The van der Waals surface area contributed by atoms with Crippen LogP contribution in [0.25, 0.3) is 0 Å². The van der Waals surface area contributed by atoms with E-state index in [1.165, 1.54) is 7.11 Å². The van der Waals surface area contributed by atoms with E-state index in [9.17, 15) is 5.11 Å². The normalized spacial score (nSPS) is 16.9. The Morgan fingerprint density at radius 2 is 2.20 bits per heavy atom. The number of methoxy groups -OCH3 is 1. The van der Waals surface area contributed by atoms with Crippen molar-refractivity contribution in [3.05, 3.63) is 22.2 Å². The molecule has 1 saturated carbocycles. The Balaban J connectivity index is 2.51. The first-order valence-corrected chi connectivity index (χ1v) is 5.47. The van der Waals surface area contributed by atoms with Gasteiger partial charge in [0.1, 0.15) is 0 Å². The van der Waals surface area contributed by atoms with Crippen molar-refractivity contribution in [1.29, 1.82) is 0 Å². The lowest BCUT2D eigenvalue weighted by Gasteiger charge is -2.13. The Hall–Kier alpha value is -1.14. The predicted octanol–water partition coefficient (Wildman–Crippen LogP) is 2.83. The van der Waals surface area contributed by atoms with Crippen LogP contribution in [0.15, 0.2) is 16.6 Å². The van der Waals surface area contributed by atoms with Crippen LogP contribution in [0.5, 0.6) is 11.5 Å². The molecule has 0 unspecified atom stereocenters. The van der Waals surface area contributed by atoms with E-state index in [1.807, 2.05) is 0 Å². The summed E-state index contributed by atoms with van der Waals surface area (Å²) in [5, 5.41) is 9.69. The number of hydrogen-bond acceptors (Lipinski definition) is 2. The largest absolute Gasteiger partial charge is 0.504 e. The van der Waals surface area contributed by atoms with Crippen LogP contribution in [0.2, 0.25) is 0 Å². The molecule has 1 fully saturated rings. The van der Waals surface area contributed by atoms with Crippen molar-refractivity contribution in [1.82, 2.24) is 0 Å². The highest BCUT2D eigenvalue weighted by Crippen LogP contribution is 2.51. The average molecular weight is 267 g/mol. The minimum absolute atomic E-state index is 0.136. The van der Waals surface area contributed by atoms with Crippen LogP contribution < -0.4 is 4.74 Å². The highest BCUT2D eigenvalue weighted by Gasteiger charge is 2.44. The average Bonchev–Trinajstić information content (AvgIpc) is 3.01. The molecule has 0 aliphatic heterocycles. The van der Waals surface area contributed by atoms with Crippen molar-refractivity contribution in [3.63, 3.8) is 0 Å². The monoisotopic (exact) mass is 266 g/mol. The van der Waals surface area contributed by atoms with E-state index < -0.39 is 0 Å². The van der Waals surface area contributed by atoms with Crippen LogP contribution in [0.3, 0.4) is 0 Å². The molecule has 0 amide bonds. The summed E-state index contributed by atoms with van der Waals surface area (Å²) in [6.07, 6.45) is 7.47. The van der Waals surface area contributed by atoms with Crippen molar-refractivity contribution in [3.8, 4) is 23.8 Å². The third-order valence-electron chi connectivity index (χ3n) is 2.81. The summed E-state index contributed by atoms with van der Waals surface area (Å²) in [4.78, 5) is 0. The molecule has 1 aromatic carbocycles. The molecule has 1 aliphatic carbocycles. The molecule has 0 saturated heterocycles. The summed E-state index contributed by atoms with van der Waals surface area (Å²) in [7, 11) is 1.52. The van der Waals surface area contributed by atoms with E-state index in [1.54, 1.807) is 12.1 Å². The predicted molar refractivity (Wildman–Crippen MR) is 62.1 cm³/mol. The number of hydrogen-bond donors (Lipinski definition) is 1. The van der Waals surface area contributed by atoms with Crippen molar-refractivity contribution in [2.45, 2.75) is 18.3 Å². The van der Waals surface area contributed by atoms with E-state index >= 15 is 0 Å². The van der Waals surface area contributed by atoms with Gasteiger partial charge in [-0.25, -0.2) is 0 Å². The highest BCUT2D eigenvalue weighted by molar-refractivity contribution is 9.10. The number of terminal acetylenes is 1. The molecule has 2 rings (SSSR count). The van der Waals surface area contributed by atoms with Crippen LogP contribution in [-0.2, 0) is 5.41 Å². The number of halogens is 1. The van der Waals surface area contributed by atoms with Gasteiger partial charge in [0.15, 0.2) is 11.5 Å². The van der Waals surface area contributed by atoms with E-state index in [0.29, 0.717) is 5.75 Å². The third kappa shape index (κ3) is 1.59. The zero-order chi connectivity index (χ0) is 11.1. The standard InChI is InChI=1S/C12H11BrO2/c1-3-12(4-5-12)8-6-10(14)11(15-2)7-9(8)13/h1,6-7,14H,4-5H2,2H3. The first-order chi connectivity index (χ1) is 7.13. The summed E-state index contributed by atoms with van der Waals surface area (Å²) in [6.45, 7) is 0. The molecule has 0 atom stereocenters. The lowest BCUT2D eigenvalue weighted by molar-refractivity contribution is 0.372. The summed E-state index contributed by atoms with van der Waals surface area (Å²) in [5.74, 6) is 3.39. The SMILES string of the molecule is C#CC1(c2cc(O)c(OC)cc2Br)CC1. The maximum absolute atomic E-state index is 9.69. The third-order valence-corrected chi connectivity index (χ3v) is 3.47. The van der Waals surface area contributed by atoms with Gasteiger partial charge < -0.3 is 9.84 Å². The second-order valence-corrected chi connectivity index (χ2v) is 4.58. The quantitative estimate of drug-likeness (QED) is 0.835. The number of rotatable bonds is 2. The van der Waals surface area contributed by atoms with Crippen LogP contribution in [0.1, 0.15) is 18.4 Å². The molecule has 1 N–H and O–H groups in total. The van der Waals surface area contributed by atoms with Gasteiger partial charge >= 0.3 is 0 Å². The van der Waals surface area contributed by atoms with Gasteiger partial charge in [-0.2, -0.15) is 0 Å². The van der Waals surface area contributed by atoms with Gasteiger partial charge in [-0.3, -0.25) is 0 Å². The van der Waals surface area contributed by atoms with Gasteiger partial charge in [-0.05, 0) is 30.5 Å². The summed E-state index contributed by atoms with van der Waals surface area (Å²) in [6, 6.07) is 3.44. The summed E-state index contributed by atoms with van der Waals surface area (Å²) >= 11 is 3.45. The van der Waals surface area contributed by atoms with E-state index in [-0.39, 0.29) is 11.2 Å². The van der Waals surface area contributed by atoms with Crippen LogP contribution in [0.4, 0.5) is 0 Å². The van der Waals surface area contributed by atoms with Gasteiger partial charge in [0, 0.05) is 4.47 Å². The fourth-order valence-electron chi connectivity index (χ4n) is 1.69. The molecule has 0 heterocycles. The second-order valence-electron chi connectivity index (χ2n) is 3.73. The molecular weight excluding hydrogens is 256 g/mol. The summed E-state index contributed by atoms with van der Waals surface area (Å²) in [5.41, 5.74) is 0.797. The van der Waals surface area contributed by atoms with Crippen molar-refractivity contribution < 1.29 is 9.84 Å². The molecule has 0 bridgehead atoms. The Labute approximate surface area is 97.4 Å². The molecule has 1 aliphatic rings. The zero-order valence-electron chi connectivity index (χ0n) is 8.38. The van der Waals surface area contributed by atoms with Crippen LogP contribution in [0, 0.1) is 12.3 Å². The Morgan fingerprint density at radius 1 is 1.53 bits per heavy atom. The number of phenols is 1. The Morgan fingerprint density at radius 3 is 2.67 bits per heavy atom. The second kappa shape index (κ2) is 3.46. The number of phenolic OH excluding ortho intramolecular Hbond substituents is 1. The maximum Gasteiger partial charge on any atom is 0.161 e. The number of benzene rings is 1. The fourth-order valence-corrected chi connectivity index (χ4v) is 2.39. The summed E-state index contributed by atoms with van der Waals surface area (Å²) < 4.78 is 5.91. The van der Waals surface area contributed by atoms with E-state index in [2.05, 4.69) is 21.9 Å². The van der Waals surface area contributed by atoms with Crippen LogP contribution in [-0.4, -0.2) is 12.2 Å².